The predicted octanol–water partition coefficient (Wildman–Crippen LogP) is 1.95. The maximum Gasteiger partial charge on any atom is 0.405 e. The van der Waals surface area contributed by atoms with Gasteiger partial charge in [-0.2, -0.15) is 13.2 Å². The van der Waals surface area contributed by atoms with E-state index in [0.29, 0.717) is 0 Å². The van der Waals surface area contributed by atoms with Crippen molar-refractivity contribution in [1.82, 2.24) is 0 Å². The fourth-order valence-electron chi connectivity index (χ4n) is 3.83. The van der Waals surface area contributed by atoms with Crippen molar-refractivity contribution in [2.24, 2.45) is 17.3 Å². The van der Waals surface area contributed by atoms with Gasteiger partial charge in [-0.1, -0.05) is 6.58 Å². The van der Waals surface area contributed by atoms with E-state index < -0.39 is 35.2 Å². The van der Waals surface area contributed by atoms with E-state index in [4.69, 9.17) is 9.47 Å². The van der Waals surface area contributed by atoms with Gasteiger partial charge in [0.25, 0.3) is 5.79 Å². The van der Waals surface area contributed by atoms with Gasteiger partial charge in [0, 0.05) is 12.5 Å². The molecule has 19 heavy (non-hydrogen) atoms. The summed E-state index contributed by atoms with van der Waals surface area (Å²) in [6.07, 6.45) is -3.78. The normalized spacial score (nSPS) is 43.2. The summed E-state index contributed by atoms with van der Waals surface area (Å²) in [4.78, 5) is 23.1. The monoisotopic (exact) mass is 276 g/mol. The standard InChI is InChI=1S/C12H11F3O4/c1-2-8(16)18-11-5-6-3-7(11)10(4-6,9(17)19-11)12(13,14)15/h2,6-7H,1,3-5H2. The molecule has 1 saturated heterocycles. The van der Waals surface area contributed by atoms with Crippen LogP contribution in [0.25, 0.3) is 0 Å². The van der Waals surface area contributed by atoms with Crippen LogP contribution in [0.5, 0.6) is 0 Å². The second-order valence-electron chi connectivity index (χ2n) is 5.36. The number of fused-ring (bicyclic) bond motifs is 1. The Bertz CT molecular complexity index is 486. The average molecular weight is 276 g/mol. The van der Waals surface area contributed by atoms with Gasteiger partial charge < -0.3 is 9.47 Å². The zero-order valence-corrected chi connectivity index (χ0v) is 9.83. The van der Waals surface area contributed by atoms with E-state index in [9.17, 15) is 22.8 Å². The highest BCUT2D eigenvalue weighted by atomic mass is 19.4. The van der Waals surface area contributed by atoms with E-state index in [1.165, 1.54) is 0 Å². The molecule has 1 aliphatic heterocycles. The first-order chi connectivity index (χ1) is 8.75. The Balaban J connectivity index is 2.03. The van der Waals surface area contributed by atoms with Gasteiger partial charge >= 0.3 is 18.1 Å². The molecular formula is C12H11F3O4. The van der Waals surface area contributed by atoms with Crippen LogP contribution in [-0.4, -0.2) is 23.9 Å². The minimum absolute atomic E-state index is 0.140. The Labute approximate surface area is 106 Å². The average Bonchev–Trinajstić information content (AvgIpc) is 2.85. The Hall–Kier alpha value is -1.53. The lowest BCUT2D eigenvalue weighted by Gasteiger charge is -2.35. The van der Waals surface area contributed by atoms with Gasteiger partial charge in [0.15, 0.2) is 5.41 Å². The van der Waals surface area contributed by atoms with Gasteiger partial charge in [0.05, 0.1) is 5.92 Å². The third-order valence-corrected chi connectivity index (χ3v) is 4.45. The largest absolute Gasteiger partial charge is 0.421 e. The fraction of sp³-hybridized carbons (Fsp3) is 0.667. The number of alkyl halides is 3. The van der Waals surface area contributed by atoms with Crippen molar-refractivity contribution in [3.8, 4) is 0 Å². The minimum atomic E-state index is -4.69. The smallest absolute Gasteiger partial charge is 0.405 e. The van der Waals surface area contributed by atoms with Gasteiger partial charge in [-0.25, -0.2) is 4.79 Å². The Kier molecular flexibility index (Phi) is 2.18. The molecule has 7 heteroatoms. The second-order valence-corrected chi connectivity index (χ2v) is 5.36. The molecule has 4 nitrogen and oxygen atoms in total. The summed E-state index contributed by atoms with van der Waals surface area (Å²) < 4.78 is 49.7. The quantitative estimate of drug-likeness (QED) is 0.571. The third kappa shape index (κ3) is 1.30. The highest BCUT2D eigenvalue weighted by Crippen LogP contribution is 2.71. The minimum Gasteiger partial charge on any atom is -0.421 e. The maximum absolute atomic E-state index is 13.3. The highest BCUT2D eigenvalue weighted by Gasteiger charge is 2.83. The molecule has 3 fully saturated rings. The number of esters is 2. The number of hydrogen-bond acceptors (Lipinski definition) is 4. The SMILES string of the molecule is C=CC(=O)OC12CC3CC1C(C(F)(F)F)(C3)C(=O)O2. The molecule has 3 rings (SSSR count). The van der Waals surface area contributed by atoms with Crippen LogP contribution in [-0.2, 0) is 19.1 Å². The van der Waals surface area contributed by atoms with Crippen LogP contribution in [0.3, 0.4) is 0 Å². The van der Waals surface area contributed by atoms with Gasteiger partial charge in [-0.05, 0) is 18.8 Å². The predicted molar refractivity (Wildman–Crippen MR) is 54.4 cm³/mol. The van der Waals surface area contributed by atoms with Crippen LogP contribution in [0.4, 0.5) is 13.2 Å². The summed E-state index contributed by atoms with van der Waals surface area (Å²) in [6, 6.07) is 0. The van der Waals surface area contributed by atoms with Crippen molar-refractivity contribution >= 4 is 11.9 Å². The first-order valence-corrected chi connectivity index (χ1v) is 5.91. The van der Waals surface area contributed by atoms with Gasteiger partial charge in [-0.15, -0.1) is 0 Å². The fourth-order valence-corrected chi connectivity index (χ4v) is 3.83. The molecule has 0 aromatic carbocycles. The molecule has 0 aromatic heterocycles. The van der Waals surface area contributed by atoms with Crippen molar-refractivity contribution in [2.45, 2.75) is 31.2 Å². The van der Waals surface area contributed by atoms with E-state index in [-0.39, 0.29) is 25.2 Å². The lowest BCUT2D eigenvalue weighted by atomic mass is 9.72. The number of ether oxygens (including phenoxy) is 2. The summed E-state index contributed by atoms with van der Waals surface area (Å²) in [5.41, 5.74) is -2.50. The van der Waals surface area contributed by atoms with E-state index in [1.807, 2.05) is 0 Å². The highest BCUT2D eigenvalue weighted by molar-refractivity contribution is 5.85. The van der Waals surface area contributed by atoms with Crippen LogP contribution >= 0.6 is 0 Å². The second kappa shape index (κ2) is 3.32. The molecule has 104 valence electrons. The molecule has 0 spiro atoms. The van der Waals surface area contributed by atoms with Crippen molar-refractivity contribution in [3.63, 3.8) is 0 Å². The lowest BCUT2D eigenvalue weighted by molar-refractivity contribution is -0.246. The van der Waals surface area contributed by atoms with E-state index in [1.54, 1.807) is 0 Å². The molecule has 2 saturated carbocycles. The zero-order chi connectivity index (χ0) is 14.1. The first kappa shape index (κ1) is 12.5. The molecule has 0 aromatic rings. The number of carbonyl (C=O) groups is 2. The van der Waals surface area contributed by atoms with Crippen LogP contribution in [0.1, 0.15) is 19.3 Å². The number of hydrogen-bond donors (Lipinski definition) is 0. The molecule has 1 heterocycles. The van der Waals surface area contributed by atoms with Gasteiger partial charge in [-0.3, -0.25) is 4.79 Å². The molecule has 4 unspecified atom stereocenters. The van der Waals surface area contributed by atoms with Crippen LogP contribution in [0.2, 0.25) is 0 Å². The van der Waals surface area contributed by atoms with Crippen LogP contribution < -0.4 is 0 Å². The van der Waals surface area contributed by atoms with E-state index in [2.05, 4.69) is 6.58 Å². The molecule has 0 N–H and O–H groups in total. The molecule has 2 aliphatic carbocycles. The van der Waals surface area contributed by atoms with Crippen molar-refractivity contribution in [3.05, 3.63) is 12.7 Å². The first-order valence-electron chi connectivity index (χ1n) is 5.91. The summed E-state index contributed by atoms with van der Waals surface area (Å²) in [6.45, 7) is 3.19. The van der Waals surface area contributed by atoms with Gasteiger partial charge in [0.1, 0.15) is 0 Å². The number of halogens is 3. The van der Waals surface area contributed by atoms with Crippen LogP contribution in [0.15, 0.2) is 12.7 Å². The lowest BCUT2D eigenvalue weighted by Crippen LogP contribution is -2.49. The van der Waals surface area contributed by atoms with Crippen molar-refractivity contribution in [2.75, 3.05) is 0 Å². The molecule has 0 radical (unpaired) electrons. The topological polar surface area (TPSA) is 52.6 Å². The Morgan fingerprint density at radius 3 is 2.68 bits per heavy atom. The number of rotatable bonds is 2. The van der Waals surface area contributed by atoms with Crippen LogP contribution in [0, 0.1) is 17.3 Å². The number of carbonyl (C=O) groups excluding carboxylic acids is 2. The molecule has 0 amide bonds. The summed E-state index contributed by atoms with van der Waals surface area (Å²) in [5, 5.41) is 0. The molecule has 4 atom stereocenters. The van der Waals surface area contributed by atoms with Crippen molar-refractivity contribution < 1.29 is 32.2 Å². The molecule has 3 aliphatic rings. The van der Waals surface area contributed by atoms with Crippen molar-refractivity contribution in [1.29, 1.82) is 0 Å². The van der Waals surface area contributed by atoms with E-state index in [0.717, 1.165) is 6.08 Å². The van der Waals surface area contributed by atoms with Gasteiger partial charge in [0.2, 0.25) is 0 Å². The summed E-state index contributed by atoms with van der Waals surface area (Å²) in [5.74, 6) is -5.39. The zero-order valence-electron chi connectivity index (χ0n) is 9.83. The molecule has 2 bridgehead atoms. The Morgan fingerprint density at radius 2 is 2.16 bits per heavy atom. The Morgan fingerprint density at radius 1 is 1.47 bits per heavy atom. The maximum atomic E-state index is 13.3. The summed E-state index contributed by atoms with van der Waals surface area (Å²) in [7, 11) is 0. The summed E-state index contributed by atoms with van der Waals surface area (Å²) >= 11 is 0. The third-order valence-electron chi connectivity index (χ3n) is 4.45. The molecular weight excluding hydrogens is 265 g/mol. The van der Waals surface area contributed by atoms with E-state index >= 15 is 0 Å².